The highest BCUT2D eigenvalue weighted by Crippen LogP contribution is 2.51. The molecular formula is C53H62N9O7P. The summed E-state index contributed by atoms with van der Waals surface area (Å²) in [7, 11) is 1.57. The standard InChI is InChI=1S/C53H62N9O7P/c1-35(2)31-55-52-56-50-49(51(63)57-52)44(45-33-61(59-58-45)41-18-13-10-14-19-41)32-60(50)48-30-46(69-70(67-29-15-28-54)62(36(3)4)37(5)6)47(68-48)34-66-53(38-16-11-9-12-17-38,39-20-24-42(64-7)25-21-39)40-22-26-43(65-8)27-23-40/h9-14,16-27,32-33,35-37,46-48H,15,29-31,34H2,1-8H3,(H2,55,56,57,63)/t46-,47+,48+,70?/m0/s1. The van der Waals surface area contributed by atoms with Crippen LogP contribution in [0.15, 0.2) is 126 Å². The lowest BCUT2D eigenvalue weighted by Gasteiger charge is -2.39. The van der Waals surface area contributed by atoms with Gasteiger partial charge in [-0.2, -0.15) is 10.2 Å². The van der Waals surface area contributed by atoms with Crippen molar-refractivity contribution >= 4 is 25.5 Å². The molecule has 1 saturated heterocycles. The van der Waals surface area contributed by atoms with Crippen LogP contribution in [-0.2, 0) is 24.1 Å². The van der Waals surface area contributed by atoms with Crippen LogP contribution in [0.25, 0.3) is 28.0 Å². The maximum Gasteiger partial charge on any atom is 0.262 e. The van der Waals surface area contributed by atoms with Gasteiger partial charge in [-0.1, -0.05) is 91.9 Å². The van der Waals surface area contributed by atoms with E-state index in [1.54, 1.807) is 25.1 Å². The van der Waals surface area contributed by atoms with E-state index in [1.807, 2.05) is 108 Å². The molecule has 0 amide bonds. The predicted molar refractivity (Wildman–Crippen MR) is 271 cm³/mol. The number of hydrogen-bond donors (Lipinski definition) is 2. The van der Waals surface area contributed by atoms with Gasteiger partial charge in [0.15, 0.2) is 5.65 Å². The van der Waals surface area contributed by atoms with E-state index >= 15 is 0 Å². The summed E-state index contributed by atoms with van der Waals surface area (Å²) >= 11 is 0. The summed E-state index contributed by atoms with van der Waals surface area (Å²) in [5.41, 5.74) is 3.36. The van der Waals surface area contributed by atoms with Crippen molar-refractivity contribution in [1.82, 2.24) is 34.2 Å². The molecular weight excluding hydrogens is 906 g/mol. The maximum atomic E-state index is 14.3. The Bertz CT molecular complexity index is 2830. The van der Waals surface area contributed by atoms with Gasteiger partial charge in [-0.3, -0.25) is 9.78 Å². The number of fused-ring (bicyclic) bond motifs is 1. The third kappa shape index (κ3) is 10.8. The van der Waals surface area contributed by atoms with Crippen LogP contribution in [0, 0.1) is 17.2 Å². The molecule has 7 aromatic rings. The number of aromatic nitrogens is 6. The van der Waals surface area contributed by atoms with Gasteiger partial charge in [0.1, 0.15) is 35.1 Å². The number of para-hydroxylation sites is 1. The summed E-state index contributed by atoms with van der Waals surface area (Å²) in [5, 5.41) is 22.2. The van der Waals surface area contributed by atoms with E-state index < -0.39 is 32.6 Å². The molecule has 17 heteroatoms. The van der Waals surface area contributed by atoms with Gasteiger partial charge in [0.25, 0.3) is 14.1 Å². The molecule has 0 bridgehead atoms. The Balaban J connectivity index is 1.26. The van der Waals surface area contributed by atoms with Gasteiger partial charge in [-0.25, -0.2) is 9.35 Å². The van der Waals surface area contributed by atoms with E-state index in [0.29, 0.717) is 52.7 Å². The maximum absolute atomic E-state index is 14.3. The van der Waals surface area contributed by atoms with E-state index in [1.165, 1.54) is 0 Å². The van der Waals surface area contributed by atoms with Crippen molar-refractivity contribution in [2.75, 3.05) is 39.3 Å². The van der Waals surface area contributed by atoms with Crippen molar-refractivity contribution in [3.05, 3.63) is 149 Å². The summed E-state index contributed by atoms with van der Waals surface area (Å²) in [4.78, 5) is 22.3. The number of nitrogens with zero attached hydrogens (tertiary/aromatic N) is 7. The molecule has 2 N–H and O–H groups in total. The SMILES string of the molecule is COc1ccc(C(OC[C@H]2O[C@@H](n3cc(-c4cn(-c5ccccc5)nn4)c4c(=O)[nH]c(NCC(C)C)nc43)C[C@@H]2OP(OCCC#N)N(C(C)C)C(C)C)(c2ccccc2)c2ccc(OC)cc2)cc1. The number of nitriles is 1. The highest BCUT2D eigenvalue weighted by molar-refractivity contribution is 7.44. The van der Waals surface area contributed by atoms with E-state index in [9.17, 15) is 10.1 Å². The molecule has 0 radical (unpaired) electrons. The zero-order chi connectivity index (χ0) is 49.4. The van der Waals surface area contributed by atoms with Crippen LogP contribution in [0.4, 0.5) is 5.95 Å². The van der Waals surface area contributed by atoms with Crippen molar-refractivity contribution in [2.24, 2.45) is 5.92 Å². The first-order valence-electron chi connectivity index (χ1n) is 23.7. The van der Waals surface area contributed by atoms with Crippen LogP contribution >= 0.6 is 8.53 Å². The summed E-state index contributed by atoms with van der Waals surface area (Å²) in [6.45, 7) is 13.4. The van der Waals surface area contributed by atoms with E-state index in [0.717, 1.165) is 22.4 Å². The Morgan fingerprint density at radius 3 is 2.07 bits per heavy atom. The third-order valence-corrected chi connectivity index (χ3v) is 14.3. The second-order valence-electron chi connectivity index (χ2n) is 18.1. The molecule has 1 unspecified atom stereocenters. The normalized spacial score (nSPS) is 16.6. The van der Waals surface area contributed by atoms with E-state index in [4.69, 9.17) is 33.0 Å². The zero-order valence-corrected chi connectivity index (χ0v) is 41.9. The second kappa shape index (κ2) is 22.5. The molecule has 4 atom stereocenters. The average molecular weight is 968 g/mol. The van der Waals surface area contributed by atoms with Gasteiger partial charge in [-0.15, -0.1) is 5.10 Å². The fourth-order valence-corrected chi connectivity index (χ4v) is 10.6. The molecule has 0 saturated carbocycles. The van der Waals surface area contributed by atoms with Crippen molar-refractivity contribution in [3.8, 4) is 34.5 Å². The van der Waals surface area contributed by atoms with Gasteiger partial charge in [-0.05, 0) is 86.7 Å². The van der Waals surface area contributed by atoms with Gasteiger partial charge in [0.05, 0.1) is 63.3 Å². The molecule has 3 aromatic heterocycles. The number of hydrogen-bond acceptors (Lipinski definition) is 13. The topological polar surface area (TPSA) is 176 Å². The molecule has 1 aliphatic rings. The minimum Gasteiger partial charge on any atom is -0.497 e. The van der Waals surface area contributed by atoms with E-state index in [-0.39, 0.29) is 43.2 Å². The first-order chi connectivity index (χ1) is 33.9. The molecule has 0 spiro atoms. The van der Waals surface area contributed by atoms with Gasteiger partial charge < -0.3 is 37.9 Å². The molecule has 4 heterocycles. The smallest absolute Gasteiger partial charge is 0.262 e. The number of rotatable bonds is 22. The average Bonchev–Trinajstić information content (AvgIpc) is 4.12. The van der Waals surface area contributed by atoms with Crippen LogP contribution in [0.2, 0.25) is 0 Å². The number of nitrogens with one attached hydrogen (secondary N) is 2. The van der Waals surface area contributed by atoms with Crippen LogP contribution in [-0.4, -0.2) is 92.5 Å². The number of benzene rings is 4. The quantitative estimate of drug-likeness (QED) is 0.0373. The van der Waals surface area contributed by atoms with Gasteiger partial charge in [0.2, 0.25) is 5.95 Å². The summed E-state index contributed by atoms with van der Waals surface area (Å²) in [6, 6.07) is 37.9. The number of methoxy groups -OCH3 is 2. The molecule has 1 aliphatic heterocycles. The Morgan fingerprint density at radius 1 is 0.871 bits per heavy atom. The summed E-state index contributed by atoms with van der Waals surface area (Å²) in [6.07, 6.45) is 2.18. The zero-order valence-electron chi connectivity index (χ0n) is 41.0. The summed E-state index contributed by atoms with van der Waals surface area (Å²) < 4.78 is 45.4. The Labute approximate surface area is 410 Å². The Kier molecular flexibility index (Phi) is 16.1. The number of ether oxygens (including phenoxy) is 4. The second-order valence-corrected chi connectivity index (χ2v) is 19.5. The lowest BCUT2D eigenvalue weighted by atomic mass is 9.80. The van der Waals surface area contributed by atoms with Gasteiger partial charge in [0, 0.05) is 36.8 Å². The fourth-order valence-electron chi connectivity index (χ4n) is 8.87. The minimum absolute atomic E-state index is 0.0461. The molecule has 8 rings (SSSR count). The highest BCUT2D eigenvalue weighted by atomic mass is 31.2. The lowest BCUT2D eigenvalue weighted by molar-refractivity contribution is -0.0911. The molecule has 16 nitrogen and oxygen atoms in total. The lowest BCUT2D eigenvalue weighted by Crippen LogP contribution is -2.39. The van der Waals surface area contributed by atoms with Crippen molar-refractivity contribution in [3.63, 3.8) is 0 Å². The molecule has 70 heavy (non-hydrogen) atoms. The van der Waals surface area contributed by atoms with E-state index in [2.05, 4.69) is 85.0 Å². The molecule has 4 aromatic carbocycles. The molecule has 0 aliphatic carbocycles. The number of aromatic amines is 1. The fraction of sp³-hybridized carbons (Fsp3) is 0.377. The first-order valence-corrected chi connectivity index (χ1v) is 24.8. The molecule has 366 valence electrons. The van der Waals surface area contributed by atoms with Crippen LogP contribution in [0.1, 0.15) is 77.3 Å². The Morgan fingerprint density at radius 2 is 1.49 bits per heavy atom. The number of H-pyrrole nitrogens is 1. The summed E-state index contributed by atoms with van der Waals surface area (Å²) in [5.74, 6) is 2.03. The van der Waals surface area contributed by atoms with Crippen LogP contribution < -0.4 is 20.3 Å². The highest BCUT2D eigenvalue weighted by Gasteiger charge is 2.45. The van der Waals surface area contributed by atoms with Crippen molar-refractivity contribution < 1.29 is 28.0 Å². The Hall–Kier alpha value is -6.44. The van der Waals surface area contributed by atoms with Gasteiger partial charge >= 0.3 is 0 Å². The monoisotopic (exact) mass is 967 g/mol. The first kappa shape index (κ1) is 50.0. The third-order valence-electron chi connectivity index (χ3n) is 12.2. The van der Waals surface area contributed by atoms with Crippen molar-refractivity contribution in [1.29, 1.82) is 5.26 Å². The number of anilines is 1. The van der Waals surface area contributed by atoms with Crippen LogP contribution in [0.5, 0.6) is 11.5 Å². The largest absolute Gasteiger partial charge is 0.497 e. The molecule has 1 fully saturated rings. The van der Waals surface area contributed by atoms with Crippen molar-refractivity contribution in [2.45, 2.75) is 90.5 Å². The van der Waals surface area contributed by atoms with Crippen LogP contribution in [0.3, 0.4) is 0 Å². The minimum atomic E-state index is -1.72. The predicted octanol–water partition coefficient (Wildman–Crippen LogP) is 10.0.